The Kier molecular flexibility index (Phi) is 4.62. The summed E-state index contributed by atoms with van der Waals surface area (Å²) in [6.07, 6.45) is 5.68. The molecule has 1 aliphatic carbocycles. The van der Waals surface area contributed by atoms with Crippen LogP contribution in [0.15, 0.2) is 0 Å². The Morgan fingerprint density at radius 3 is 2.39 bits per heavy atom. The van der Waals surface area contributed by atoms with E-state index in [9.17, 15) is 4.79 Å². The fourth-order valence-electron chi connectivity index (χ4n) is 3.13. The normalized spacial score (nSPS) is 25.2. The van der Waals surface area contributed by atoms with E-state index in [2.05, 4.69) is 12.2 Å². The van der Waals surface area contributed by atoms with Crippen LogP contribution >= 0.6 is 0 Å². The molecule has 0 aromatic rings. The summed E-state index contributed by atoms with van der Waals surface area (Å²) < 4.78 is 11.5. The number of nitrogens with one attached hydrogen (secondary N) is 1. The molecule has 4 nitrogen and oxygen atoms in total. The maximum absolute atomic E-state index is 11.5. The van der Waals surface area contributed by atoms with Crippen LogP contribution in [0, 0.1) is 5.92 Å². The van der Waals surface area contributed by atoms with Gasteiger partial charge < -0.3 is 14.8 Å². The van der Waals surface area contributed by atoms with Gasteiger partial charge in [0.25, 0.3) is 0 Å². The minimum atomic E-state index is -0.288. The SMILES string of the molecule is CCC(=O)NC(CC)C1CCC2(CC1)OCCO2. The number of amides is 1. The molecule has 2 fully saturated rings. The summed E-state index contributed by atoms with van der Waals surface area (Å²) in [7, 11) is 0. The minimum absolute atomic E-state index is 0.163. The number of rotatable bonds is 4. The quantitative estimate of drug-likeness (QED) is 0.838. The van der Waals surface area contributed by atoms with Gasteiger partial charge in [0.1, 0.15) is 0 Å². The van der Waals surface area contributed by atoms with Gasteiger partial charge in [-0.2, -0.15) is 0 Å². The van der Waals surface area contributed by atoms with E-state index in [4.69, 9.17) is 9.47 Å². The van der Waals surface area contributed by atoms with Crippen LogP contribution in [-0.4, -0.2) is 30.9 Å². The van der Waals surface area contributed by atoms with Crippen LogP contribution in [0.4, 0.5) is 0 Å². The highest BCUT2D eigenvalue weighted by molar-refractivity contribution is 5.75. The van der Waals surface area contributed by atoms with Crippen molar-refractivity contribution >= 4 is 5.91 Å². The average molecular weight is 255 g/mol. The molecular formula is C14H25NO3. The molecule has 2 rings (SSSR count). The van der Waals surface area contributed by atoms with Crippen molar-refractivity contribution in [3.63, 3.8) is 0 Å². The lowest BCUT2D eigenvalue weighted by Gasteiger charge is -2.38. The van der Waals surface area contributed by atoms with E-state index < -0.39 is 0 Å². The minimum Gasteiger partial charge on any atom is -0.353 e. The third-order valence-electron chi connectivity index (χ3n) is 4.28. The van der Waals surface area contributed by atoms with Gasteiger partial charge in [-0.1, -0.05) is 13.8 Å². The Morgan fingerprint density at radius 2 is 1.89 bits per heavy atom. The lowest BCUT2D eigenvalue weighted by molar-refractivity contribution is -0.183. The fraction of sp³-hybridized carbons (Fsp3) is 0.929. The van der Waals surface area contributed by atoms with Gasteiger partial charge in [-0.15, -0.1) is 0 Å². The highest BCUT2D eigenvalue weighted by Gasteiger charge is 2.41. The summed E-state index contributed by atoms with van der Waals surface area (Å²) in [5, 5.41) is 3.14. The van der Waals surface area contributed by atoms with Crippen LogP contribution in [-0.2, 0) is 14.3 Å². The van der Waals surface area contributed by atoms with Crippen LogP contribution in [0.5, 0.6) is 0 Å². The maximum atomic E-state index is 11.5. The zero-order valence-electron chi connectivity index (χ0n) is 11.5. The van der Waals surface area contributed by atoms with Crippen LogP contribution in [0.1, 0.15) is 52.4 Å². The highest BCUT2D eigenvalue weighted by Crippen LogP contribution is 2.39. The van der Waals surface area contributed by atoms with Gasteiger partial charge in [-0.3, -0.25) is 4.79 Å². The summed E-state index contributed by atoms with van der Waals surface area (Å²) in [5.74, 6) is 0.447. The Balaban J connectivity index is 1.85. The van der Waals surface area contributed by atoms with Gasteiger partial charge in [0, 0.05) is 25.3 Å². The van der Waals surface area contributed by atoms with E-state index in [1.165, 1.54) is 0 Å². The first-order valence-electron chi connectivity index (χ1n) is 7.26. The van der Waals surface area contributed by atoms with Crippen LogP contribution < -0.4 is 5.32 Å². The van der Waals surface area contributed by atoms with Crippen molar-refractivity contribution in [3.8, 4) is 0 Å². The second-order valence-electron chi connectivity index (χ2n) is 5.38. The van der Waals surface area contributed by atoms with Crippen molar-refractivity contribution in [1.82, 2.24) is 5.32 Å². The van der Waals surface area contributed by atoms with Crippen molar-refractivity contribution in [2.75, 3.05) is 13.2 Å². The van der Waals surface area contributed by atoms with Gasteiger partial charge in [0.2, 0.25) is 5.91 Å². The van der Waals surface area contributed by atoms with E-state index in [1.807, 2.05) is 6.92 Å². The van der Waals surface area contributed by atoms with Crippen LogP contribution in [0.25, 0.3) is 0 Å². The molecule has 104 valence electrons. The molecule has 1 spiro atoms. The van der Waals surface area contributed by atoms with E-state index in [1.54, 1.807) is 0 Å². The van der Waals surface area contributed by atoms with Gasteiger partial charge in [0.15, 0.2) is 5.79 Å². The molecule has 0 aromatic heterocycles. The molecule has 2 aliphatic rings. The van der Waals surface area contributed by atoms with Gasteiger partial charge in [-0.25, -0.2) is 0 Å². The molecule has 1 saturated heterocycles. The van der Waals surface area contributed by atoms with Crippen molar-refractivity contribution in [2.45, 2.75) is 64.2 Å². The zero-order chi connectivity index (χ0) is 13.0. The summed E-state index contributed by atoms with van der Waals surface area (Å²) in [6, 6.07) is 0.316. The molecule has 1 saturated carbocycles. The Bertz CT molecular complexity index is 277. The smallest absolute Gasteiger partial charge is 0.219 e. The number of ether oxygens (including phenoxy) is 2. The molecule has 1 heterocycles. The molecular weight excluding hydrogens is 230 g/mol. The highest BCUT2D eigenvalue weighted by atomic mass is 16.7. The summed E-state index contributed by atoms with van der Waals surface area (Å²) >= 11 is 0. The molecule has 0 bridgehead atoms. The number of hydrogen-bond acceptors (Lipinski definition) is 3. The van der Waals surface area contributed by atoms with Crippen molar-refractivity contribution < 1.29 is 14.3 Å². The Morgan fingerprint density at radius 1 is 1.28 bits per heavy atom. The third-order valence-corrected chi connectivity index (χ3v) is 4.28. The molecule has 1 N–H and O–H groups in total. The van der Waals surface area contributed by atoms with Crippen molar-refractivity contribution in [3.05, 3.63) is 0 Å². The first-order valence-corrected chi connectivity index (χ1v) is 7.26. The number of hydrogen-bond donors (Lipinski definition) is 1. The Hall–Kier alpha value is -0.610. The molecule has 4 heteroatoms. The monoisotopic (exact) mass is 255 g/mol. The van der Waals surface area contributed by atoms with E-state index in [0.29, 0.717) is 18.4 Å². The molecule has 0 radical (unpaired) electrons. The van der Waals surface area contributed by atoms with Gasteiger partial charge >= 0.3 is 0 Å². The second-order valence-corrected chi connectivity index (χ2v) is 5.38. The van der Waals surface area contributed by atoms with E-state index in [0.717, 1.165) is 45.3 Å². The summed E-state index contributed by atoms with van der Waals surface area (Å²) in [4.78, 5) is 11.5. The first kappa shape index (κ1) is 13.8. The molecule has 1 atom stereocenters. The molecule has 1 aliphatic heterocycles. The predicted molar refractivity (Wildman–Crippen MR) is 69.1 cm³/mol. The second kappa shape index (κ2) is 6.02. The van der Waals surface area contributed by atoms with Crippen LogP contribution in [0.2, 0.25) is 0 Å². The lowest BCUT2D eigenvalue weighted by Crippen LogP contribution is -2.44. The topological polar surface area (TPSA) is 47.6 Å². The first-order chi connectivity index (χ1) is 8.69. The molecule has 18 heavy (non-hydrogen) atoms. The summed E-state index contributed by atoms with van der Waals surface area (Å²) in [6.45, 7) is 5.51. The Labute approximate surface area is 109 Å². The molecule has 0 aromatic carbocycles. The number of carbonyl (C=O) groups excluding carboxylic acids is 1. The standard InChI is InChI=1S/C14H25NO3/c1-3-12(15-13(16)4-2)11-5-7-14(8-6-11)17-9-10-18-14/h11-12H,3-10H2,1-2H3,(H,15,16). The van der Waals surface area contributed by atoms with E-state index in [-0.39, 0.29) is 11.7 Å². The van der Waals surface area contributed by atoms with Gasteiger partial charge in [0.05, 0.1) is 13.2 Å². The summed E-state index contributed by atoms with van der Waals surface area (Å²) in [5.41, 5.74) is 0. The zero-order valence-corrected chi connectivity index (χ0v) is 11.5. The van der Waals surface area contributed by atoms with E-state index >= 15 is 0 Å². The largest absolute Gasteiger partial charge is 0.353 e. The average Bonchev–Trinajstić information content (AvgIpc) is 2.85. The predicted octanol–water partition coefficient (Wildman–Crippen LogP) is 2.22. The number of carbonyl (C=O) groups is 1. The molecule has 1 unspecified atom stereocenters. The lowest BCUT2D eigenvalue weighted by atomic mass is 9.80. The maximum Gasteiger partial charge on any atom is 0.219 e. The third kappa shape index (κ3) is 3.04. The fourth-order valence-corrected chi connectivity index (χ4v) is 3.13. The molecule has 1 amide bonds. The van der Waals surface area contributed by atoms with Crippen LogP contribution in [0.3, 0.4) is 0 Å². The van der Waals surface area contributed by atoms with Crippen molar-refractivity contribution in [1.29, 1.82) is 0 Å². The van der Waals surface area contributed by atoms with Gasteiger partial charge in [-0.05, 0) is 25.2 Å². The van der Waals surface area contributed by atoms with Crippen molar-refractivity contribution in [2.24, 2.45) is 5.92 Å².